The van der Waals surface area contributed by atoms with Crippen molar-refractivity contribution < 1.29 is 23.5 Å². The molecule has 1 aliphatic carbocycles. The highest BCUT2D eigenvalue weighted by Crippen LogP contribution is 2.37. The first-order valence-electron chi connectivity index (χ1n) is 10.6. The van der Waals surface area contributed by atoms with Crippen molar-refractivity contribution in [3.8, 4) is 0 Å². The number of carbonyl (C=O) groups excluding carboxylic acids is 1. The Labute approximate surface area is 194 Å². The summed E-state index contributed by atoms with van der Waals surface area (Å²) in [7, 11) is 0. The molecule has 0 atom stereocenters. The van der Waals surface area contributed by atoms with Crippen molar-refractivity contribution in [1.29, 1.82) is 0 Å². The molecule has 10 heteroatoms. The third kappa shape index (κ3) is 5.87. The maximum atomic E-state index is 13.2. The fraction of sp³-hybridized carbons (Fsp3) is 0.304. The van der Waals surface area contributed by atoms with Gasteiger partial charge in [0.25, 0.3) is 0 Å². The minimum Gasteiger partial charge on any atom is -0.481 e. The van der Waals surface area contributed by atoms with Gasteiger partial charge in [-0.25, -0.2) is 4.39 Å². The zero-order valence-electron chi connectivity index (χ0n) is 17.6. The van der Waals surface area contributed by atoms with Crippen molar-refractivity contribution in [1.82, 2.24) is 10.2 Å². The number of nitrogens with zero attached hydrogens (tertiary/aromatic N) is 2. The van der Waals surface area contributed by atoms with Crippen LogP contribution in [0.2, 0.25) is 5.02 Å². The highest BCUT2D eigenvalue weighted by Gasteiger charge is 2.24. The van der Waals surface area contributed by atoms with E-state index in [1.54, 1.807) is 0 Å². The minimum atomic E-state index is -0.734. The maximum Gasteiger partial charge on any atom is 0.320 e. The van der Waals surface area contributed by atoms with Gasteiger partial charge in [-0.15, -0.1) is 5.10 Å². The predicted octanol–water partition coefficient (Wildman–Crippen LogP) is 5.61. The molecule has 4 rings (SSSR count). The van der Waals surface area contributed by atoms with Crippen molar-refractivity contribution >= 4 is 40.9 Å². The van der Waals surface area contributed by atoms with E-state index in [4.69, 9.17) is 21.1 Å². The topological polar surface area (TPSA) is 117 Å². The number of carboxylic acids is 1. The summed E-state index contributed by atoms with van der Waals surface area (Å²) >= 11 is 5.96. The Morgan fingerprint density at radius 2 is 1.82 bits per heavy atom. The number of anilines is 3. The molecule has 1 heterocycles. The summed E-state index contributed by atoms with van der Waals surface area (Å²) in [4.78, 5) is 23.3. The van der Waals surface area contributed by atoms with Gasteiger partial charge in [-0.05, 0) is 73.4 Å². The van der Waals surface area contributed by atoms with E-state index >= 15 is 0 Å². The zero-order chi connectivity index (χ0) is 23.4. The molecule has 2 aromatic carbocycles. The first-order chi connectivity index (χ1) is 15.9. The lowest BCUT2D eigenvalue weighted by Gasteiger charge is -2.28. The van der Waals surface area contributed by atoms with E-state index < -0.39 is 17.7 Å². The number of amides is 1. The largest absolute Gasteiger partial charge is 0.481 e. The van der Waals surface area contributed by atoms with Crippen molar-refractivity contribution in [2.24, 2.45) is 5.92 Å². The number of carboxylic acid groups (broad SMARTS) is 1. The molecule has 8 nitrogen and oxygen atoms in total. The number of aromatic nitrogens is 2. The van der Waals surface area contributed by atoms with E-state index in [0.29, 0.717) is 17.3 Å². The van der Waals surface area contributed by atoms with Crippen molar-refractivity contribution in [2.75, 3.05) is 10.6 Å². The van der Waals surface area contributed by atoms with Gasteiger partial charge in [0.2, 0.25) is 0 Å². The standard InChI is InChI=1S/C23H22ClFN4O4/c24-18-12-16(25)7-10-19(18)27-23-29-28-22(33-23)21(32)26-17-8-5-15(6-9-17)14-3-1-13(2-4-14)11-20(30)31/h5-10,12-14H,1-4,11H2,(H,26,32)(H,27,29)(H,30,31). The van der Waals surface area contributed by atoms with Crippen LogP contribution in [0.3, 0.4) is 0 Å². The second-order valence-electron chi connectivity index (χ2n) is 8.05. The zero-order valence-corrected chi connectivity index (χ0v) is 18.3. The first kappa shape index (κ1) is 22.7. The summed E-state index contributed by atoms with van der Waals surface area (Å²) in [5, 5.41) is 22.0. The molecule has 0 unspecified atom stereocenters. The molecule has 33 heavy (non-hydrogen) atoms. The molecule has 3 N–H and O–H groups in total. The Kier molecular flexibility index (Phi) is 6.88. The molecule has 0 radical (unpaired) electrons. The molecule has 1 saturated carbocycles. The smallest absolute Gasteiger partial charge is 0.320 e. The molecule has 0 spiro atoms. The summed E-state index contributed by atoms with van der Waals surface area (Å²) in [6.07, 6.45) is 3.97. The van der Waals surface area contributed by atoms with Crippen LogP contribution in [0, 0.1) is 11.7 Å². The number of rotatable bonds is 7. The fourth-order valence-corrected chi connectivity index (χ4v) is 4.26. The second-order valence-corrected chi connectivity index (χ2v) is 8.46. The number of hydrogen-bond donors (Lipinski definition) is 3. The average Bonchev–Trinajstić information content (AvgIpc) is 3.25. The van der Waals surface area contributed by atoms with Gasteiger partial charge >= 0.3 is 23.8 Å². The summed E-state index contributed by atoms with van der Waals surface area (Å²) in [6.45, 7) is 0. The van der Waals surface area contributed by atoms with E-state index in [1.807, 2.05) is 24.3 Å². The van der Waals surface area contributed by atoms with Crippen molar-refractivity contribution in [3.63, 3.8) is 0 Å². The summed E-state index contributed by atoms with van der Waals surface area (Å²) in [5.74, 6) is -1.37. The molecule has 3 aromatic rings. The molecular weight excluding hydrogens is 451 g/mol. The number of benzene rings is 2. The van der Waals surface area contributed by atoms with Crippen LogP contribution in [-0.4, -0.2) is 27.2 Å². The number of carbonyl (C=O) groups is 2. The van der Waals surface area contributed by atoms with E-state index in [9.17, 15) is 14.0 Å². The Morgan fingerprint density at radius 3 is 2.48 bits per heavy atom. The van der Waals surface area contributed by atoms with Crippen LogP contribution in [0.1, 0.15) is 54.3 Å². The maximum absolute atomic E-state index is 13.2. The summed E-state index contributed by atoms with van der Waals surface area (Å²) in [5.41, 5.74) is 2.11. The van der Waals surface area contributed by atoms with E-state index in [2.05, 4.69) is 20.8 Å². The van der Waals surface area contributed by atoms with Crippen LogP contribution in [0.4, 0.5) is 21.8 Å². The van der Waals surface area contributed by atoms with E-state index in [-0.39, 0.29) is 29.3 Å². The number of aliphatic carboxylic acids is 1. The summed E-state index contributed by atoms with van der Waals surface area (Å²) in [6, 6.07) is 11.3. The Balaban J connectivity index is 1.32. The van der Waals surface area contributed by atoms with Crippen molar-refractivity contribution in [3.05, 3.63) is 64.8 Å². The van der Waals surface area contributed by atoms with Crippen molar-refractivity contribution in [2.45, 2.75) is 38.0 Å². The SMILES string of the molecule is O=C(O)CC1CCC(c2ccc(NC(=O)c3nnc(Nc4ccc(F)cc4Cl)o3)cc2)CC1. The first-order valence-corrected chi connectivity index (χ1v) is 10.9. The highest BCUT2D eigenvalue weighted by atomic mass is 35.5. The van der Waals surface area contributed by atoms with Gasteiger partial charge in [0.15, 0.2) is 0 Å². The number of halogens is 2. The van der Waals surface area contributed by atoms with E-state index in [0.717, 1.165) is 31.7 Å². The molecule has 1 fully saturated rings. The van der Waals surface area contributed by atoms with Crippen LogP contribution in [0.15, 0.2) is 46.9 Å². The van der Waals surface area contributed by atoms with Crippen LogP contribution in [0.25, 0.3) is 0 Å². The number of hydrogen-bond acceptors (Lipinski definition) is 6. The molecule has 1 amide bonds. The monoisotopic (exact) mass is 472 g/mol. The molecule has 172 valence electrons. The lowest BCUT2D eigenvalue weighted by atomic mass is 9.77. The van der Waals surface area contributed by atoms with E-state index in [1.165, 1.54) is 17.7 Å². The van der Waals surface area contributed by atoms with Gasteiger partial charge in [0, 0.05) is 12.1 Å². The van der Waals surface area contributed by atoms with Gasteiger partial charge in [0.1, 0.15) is 5.82 Å². The van der Waals surface area contributed by atoms with Gasteiger partial charge < -0.3 is 20.2 Å². The predicted molar refractivity (Wildman–Crippen MR) is 120 cm³/mol. The molecule has 0 saturated heterocycles. The Hall–Kier alpha value is -3.46. The van der Waals surface area contributed by atoms with Crippen LogP contribution in [-0.2, 0) is 4.79 Å². The lowest BCUT2D eigenvalue weighted by molar-refractivity contribution is -0.138. The molecule has 1 aromatic heterocycles. The molecule has 1 aliphatic rings. The van der Waals surface area contributed by atoms with Crippen LogP contribution < -0.4 is 10.6 Å². The molecule has 0 aliphatic heterocycles. The van der Waals surface area contributed by atoms with Crippen LogP contribution in [0.5, 0.6) is 0 Å². The Bertz CT molecular complexity index is 1140. The Morgan fingerprint density at radius 1 is 1.09 bits per heavy atom. The fourth-order valence-electron chi connectivity index (χ4n) is 4.04. The van der Waals surface area contributed by atoms with Gasteiger partial charge in [0.05, 0.1) is 10.7 Å². The van der Waals surface area contributed by atoms with Gasteiger partial charge in [-0.3, -0.25) is 9.59 Å². The normalized spacial score (nSPS) is 18.0. The van der Waals surface area contributed by atoms with Crippen LogP contribution >= 0.6 is 11.6 Å². The second kappa shape index (κ2) is 9.99. The third-order valence-electron chi connectivity index (χ3n) is 5.74. The summed E-state index contributed by atoms with van der Waals surface area (Å²) < 4.78 is 18.5. The highest BCUT2D eigenvalue weighted by molar-refractivity contribution is 6.33. The van der Waals surface area contributed by atoms with Gasteiger partial charge in [-0.1, -0.05) is 28.8 Å². The lowest BCUT2D eigenvalue weighted by Crippen LogP contribution is -2.16. The molecule has 0 bridgehead atoms. The minimum absolute atomic E-state index is 0.0532. The third-order valence-corrected chi connectivity index (χ3v) is 6.05. The quantitative estimate of drug-likeness (QED) is 0.409. The van der Waals surface area contributed by atoms with Gasteiger partial charge in [-0.2, -0.15) is 0 Å². The molecular formula is C23H22ClFN4O4. The number of nitrogens with one attached hydrogen (secondary N) is 2. The average molecular weight is 473 g/mol.